The molecule has 25 heavy (non-hydrogen) atoms. The predicted molar refractivity (Wildman–Crippen MR) is 97.4 cm³/mol. The van der Waals surface area contributed by atoms with E-state index in [0.29, 0.717) is 0 Å². The van der Waals surface area contributed by atoms with Crippen LogP contribution in [0.4, 0.5) is 0 Å². The van der Waals surface area contributed by atoms with E-state index >= 15 is 0 Å². The van der Waals surface area contributed by atoms with Crippen LogP contribution in [0.2, 0.25) is 0 Å². The molecule has 0 radical (unpaired) electrons. The van der Waals surface area contributed by atoms with Crippen LogP contribution in [0.1, 0.15) is 51.4 Å². The number of hydrogen-bond acceptors (Lipinski definition) is 0. The van der Waals surface area contributed by atoms with Crippen LogP contribution in [0.15, 0.2) is 12.2 Å². The Morgan fingerprint density at radius 1 is 0.600 bits per heavy atom. The largest absolute Gasteiger partial charge is 0.0848 e. The van der Waals surface area contributed by atoms with Gasteiger partial charge in [0, 0.05) is 0 Å². The van der Waals surface area contributed by atoms with E-state index in [1.54, 1.807) is 51.4 Å². The van der Waals surface area contributed by atoms with E-state index in [1.807, 2.05) is 0 Å². The lowest BCUT2D eigenvalue weighted by Crippen LogP contribution is -2.63. The summed E-state index contributed by atoms with van der Waals surface area (Å²) in [7, 11) is 0. The molecule has 9 fully saturated rings. The highest BCUT2D eigenvalue weighted by atomic mass is 14.8. The van der Waals surface area contributed by atoms with Crippen molar-refractivity contribution in [2.45, 2.75) is 51.4 Å². The third-order valence-electron chi connectivity index (χ3n) is 12.9. The van der Waals surface area contributed by atoms with Crippen LogP contribution in [0.3, 0.4) is 0 Å². The van der Waals surface area contributed by atoms with Gasteiger partial charge in [0.05, 0.1) is 0 Å². The first kappa shape index (κ1) is 13.0. The van der Waals surface area contributed by atoms with Gasteiger partial charge in [-0.1, -0.05) is 12.2 Å². The van der Waals surface area contributed by atoms with E-state index in [-0.39, 0.29) is 0 Å². The van der Waals surface area contributed by atoms with E-state index in [2.05, 4.69) is 12.2 Å². The minimum atomic E-state index is 0.910. The second-order valence-electron chi connectivity index (χ2n) is 12.6. The minimum Gasteiger partial charge on any atom is -0.0848 e. The lowest BCUT2D eigenvalue weighted by atomic mass is 9.35. The van der Waals surface area contributed by atoms with Crippen LogP contribution >= 0.6 is 0 Å². The van der Waals surface area contributed by atoms with Crippen LogP contribution in [0.25, 0.3) is 0 Å². The highest BCUT2D eigenvalue weighted by molar-refractivity contribution is 5.29. The minimum absolute atomic E-state index is 0.910. The molecule has 10 rings (SSSR count). The molecule has 0 N–H and O–H groups in total. The van der Waals surface area contributed by atoms with Gasteiger partial charge in [-0.25, -0.2) is 0 Å². The molecular formula is C25H32. The van der Waals surface area contributed by atoms with Crippen molar-refractivity contribution in [2.24, 2.45) is 88.3 Å². The number of rotatable bonds is 0. The highest BCUT2D eigenvalue weighted by Crippen LogP contribution is 2.86. The second-order valence-corrected chi connectivity index (χ2v) is 12.6. The molecule has 15 unspecified atom stereocenters. The van der Waals surface area contributed by atoms with Gasteiger partial charge < -0.3 is 0 Å². The Morgan fingerprint density at radius 2 is 1.44 bits per heavy atom. The van der Waals surface area contributed by atoms with E-state index in [1.165, 1.54) is 59.2 Å². The fraction of sp³-hybridized carbons (Fsp3) is 0.920. The van der Waals surface area contributed by atoms with Crippen molar-refractivity contribution in [3.8, 4) is 0 Å². The summed E-state index contributed by atoms with van der Waals surface area (Å²) < 4.78 is 0. The van der Waals surface area contributed by atoms with E-state index in [9.17, 15) is 0 Å². The zero-order valence-electron chi connectivity index (χ0n) is 15.4. The summed E-state index contributed by atoms with van der Waals surface area (Å²) in [5.74, 6) is 16.4. The summed E-state index contributed by atoms with van der Waals surface area (Å²) in [4.78, 5) is 0. The van der Waals surface area contributed by atoms with Gasteiger partial charge in [0.1, 0.15) is 0 Å². The van der Waals surface area contributed by atoms with Crippen molar-refractivity contribution >= 4 is 0 Å². The van der Waals surface area contributed by atoms with E-state index in [4.69, 9.17) is 0 Å². The van der Waals surface area contributed by atoms with Gasteiger partial charge in [0.15, 0.2) is 0 Å². The maximum Gasteiger partial charge on any atom is -0.0194 e. The van der Waals surface area contributed by atoms with Crippen molar-refractivity contribution in [1.29, 1.82) is 0 Å². The van der Waals surface area contributed by atoms with Crippen LogP contribution in [0, 0.1) is 88.3 Å². The number of fused-ring (bicyclic) bond motifs is 14. The smallest absolute Gasteiger partial charge is 0.0194 e. The molecule has 0 aromatic rings. The molecule has 9 saturated carbocycles. The van der Waals surface area contributed by atoms with E-state index in [0.717, 1.165) is 29.1 Å². The lowest BCUT2D eigenvalue weighted by molar-refractivity contribution is -0.213. The molecule has 1 spiro atoms. The van der Waals surface area contributed by atoms with Crippen LogP contribution in [-0.4, -0.2) is 0 Å². The van der Waals surface area contributed by atoms with Crippen molar-refractivity contribution in [2.75, 3.05) is 0 Å². The van der Waals surface area contributed by atoms with Crippen LogP contribution in [-0.2, 0) is 0 Å². The molecule has 0 aromatic heterocycles. The SMILES string of the molecule is C1=CC2CC1C1CC3CC45CC(C3C21)C4C1CC5C2C3CCC(C3)C12. The third kappa shape index (κ3) is 1.13. The summed E-state index contributed by atoms with van der Waals surface area (Å²) in [5.41, 5.74) is 0.910. The van der Waals surface area contributed by atoms with E-state index < -0.39 is 0 Å². The summed E-state index contributed by atoms with van der Waals surface area (Å²) in [6.45, 7) is 0. The summed E-state index contributed by atoms with van der Waals surface area (Å²) in [6.07, 6.45) is 18.6. The highest BCUT2D eigenvalue weighted by Gasteiger charge is 2.80. The lowest BCUT2D eigenvalue weighted by Gasteiger charge is -2.69. The molecule has 0 heteroatoms. The monoisotopic (exact) mass is 332 g/mol. The fourth-order valence-corrected chi connectivity index (χ4v) is 13.1. The summed E-state index contributed by atoms with van der Waals surface area (Å²) in [6, 6.07) is 0. The van der Waals surface area contributed by atoms with Crippen LogP contribution < -0.4 is 0 Å². The Morgan fingerprint density at radius 3 is 2.40 bits per heavy atom. The second kappa shape index (κ2) is 3.68. The number of allylic oxidation sites excluding steroid dienone is 2. The van der Waals surface area contributed by atoms with Gasteiger partial charge in [-0.2, -0.15) is 0 Å². The predicted octanol–water partition coefficient (Wildman–Crippen LogP) is 5.40. The summed E-state index contributed by atoms with van der Waals surface area (Å²) >= 11 is 0. The molecule has 10 aliphatic carbocycles. The average molecular weight is 333 g/mol. The van der Waals surface area contributed by atoms with Crippen LogP contribution in [0.5, 0.6) is 0 Å². The molecule has 0 heterocycles. The molecule has 15 atom stereocenters. The molecule has 10 aliphatic rings. The standard InChI is InChI=1S/C25H32/c1-2-12-5-11(1)16-7-15-9-25-10-18(22(15)20(12)16)24(25)17-8-19(25)23-14-4-3-13(6-14)21(17)23/h1-2,11-24H,3-10H2. The first-order valence-corrected chi connectivity index (χ1v) is 12.0. The quantitative estimate of drug-likeness (QED) is 0.411. The molecule has 0 nitrogen and oxygen atoms in total. The Kier molecular flexibility index (Phi) is 1.92. The number of hydrogen-bond donors (Lipinski definition) is 0. The van der Waals surface area contributed by atoms with Gasteiger partial charge in [0.25, 0.3) is 0 Å². The first-order chi connectivity index (χ1) is 12.3. The molecule has 0 aromatic carbocycles. The van der Waals surface area contributed by atoms with Gasteiger partial charge in [-0.3, -0.25) is 0 Å². The molecular weight excluding hydrogens is 300 g/mol. The van der Waals surface area contributed by atoms with Gasteiger partial charge in [-0.15, -0.1) is 0 Å². The van der Waals surface area contributed by atoms with Gasteiger partial charge >= 0.3 is 0 Å². The van der Waals surface area contributed by atoms with Crippen molar-refractivity contribution in [1.82, 2.24) is 0 Å². The third-order valence-corrected chi connectivity index (χ3v) is 12.9. The van der Waals surface area contributed by atoms with Gasteiger partial charge in [0.2, 0.25) is 0 Å². The molecule has 0 aliphatic heterocycles. The average Bonchev–Trinajstić information content (AvgIpc) is 3.38. The first-order valence-electron chi connectivity index (χ1n) is 12.0. The summed E-state index contributed by atoms with van der Waals surface area (Å²) in [5, 5.41) is 0. The molecule has 0 amide bonds. The Labute approximate surface area is 152 Å². The molecule has 0 saturated heterocycles. The molecule has 132 valence electrons. The Bertz CT molecular complexity index is 720. The Hall–Kier alpha value is -0.260. The van der Waals surface area contributed by atoms with Crippen molar-refractivity contribution < 1.29 is 0 Å². The van der Waals surface area contributed by atoms with Crippen molar-refractivity contribution in [3.05, 3.63) is 12.2 Å². The zero-order valence-corrected chi connectivity index (χ0v) is 15.4. The normalized spacial score (nSPS) is 77.1. The maximum absolute atomic E-state index is 2.67. The molecule has 8 bridgehead atoms. The van der Waals surface area contributed by atoms with Gasteiger partial charge in [-0.05, 0) is 140 Å². The maximum atomic E-state index is 2.67. The zero-order chi connectivity index (χ0) is 15.7. The Balaban J connectivity index is 1.14. The van der Waals surface area contributed by atoms with Crippen molar-refractivity contribution in [3.63, 3.8) is 0 Å². The topological polar surface area (TPSA) is 0 Å². The fourth-order valence-electron chi connectivity index (χ4n) is 13.1.